The van der Waals surface area contributed by atoms with Crippen LogP contribution in [0.15, 0.2) is 12.1 Å². The predicted octanol–water partition coefficient (Wildman–Crippen LogP) is 5.28. The van der Waals surface area contributed by atoms with E-state index in [1.54, 1.807) is 0 Å². The average Bonchev–Trinajstić information content (AvgIpc) is 2.30. The van der Waals surface area contributed by atoms with Crippen LogP contribution in [0.1, 0.15) is 5.56 Å². The molecule has 1 rings (SSSR count). The fourth-order valence-corrected chi connectivity index (χ4v) is 2.02. The summed E-state index contributed by atoms with van der Waals surface area (Å²) in [6.07, 6.45) is -8.66. The number of halogens is 9. The molecule has 0 heterocycles. The monoisotopic (exact) mass is 373 g/mol. The van der Waals surface area contributed by atoms with Gasteiger partial charge < -0.3 is 0 Å². The van der Waals surface area contributed by atoms with Gasteiger partial charge in [-0.25, -0.2) is 0 Å². The fourth-order valence-electron chi connectivity index (χ4n) is 1.44. The molecule has 0 bridgehead atoms. The van der Waals surface area contributed by atoms with Crippen molar-refractivity contribution in [3.8, 4) is 0 Å². The molecule has 0 spiro atoms. The summed E-state index contributed by atoms with van der Waals surface area (Å²) in [5, 5.41) is 9.03. The summed E-state index contributed by atoms with van der Waals surface area (Å²) in [4.78, 5) is 9.47. The molecule has 0 aromatic heterocycles. The van der Waals surface area contributed by atoms with Crippen molar-refractivity contribution in [2.24, 2.45) is 0 Å². The van der Waals surface area contributed by atoms with Crippen molar-refractivity contribution in [2.75, 3.05) is 0 Å². The van der Waals surface area contributed by atoms with Crippen LogP contribution in [0.3, 0.4) is 0 Å². The molecule has 0 unspecified atom stereocenters. The van der Waals surface area contributed by atoms with Crippen LogP contribution in [0.25, 0.3) is 0 Å². The van der Waals surface area contributed by atoms with Crippen molar-refractivity contribution >= 4 is 28.9 Å². The Morgan fingerprint density at radius 1 is 1.05 bits per heavy atom. The van der Waals surface area contributed by atoms with Crippen LogP contribution in [-0.2, 0) is 6.42 Å². The smallest absolute Gasteiger partial charge is 0.258 e. The standard InChI is InChI=1S/C10H4Cl2F7NO2/c11-5-2-1-4(6(12)7(5)20(21)22)3-8(13,14)9(15,16)10(17,18)19/h1-2H,3H2. The highest BCUT2D eigenvalue weighted by Crippen LogP contribution is 2.49. The molecule has 0 aliphatic heterocycles. The molecule has 0 atom stereocenters. The zero-order valence-corrected chi connectivity index (χ0v) is 11.5. The minimum Gasteiger partial charge on any atom is -0.258 e. The van der Waals surface area contributed by atoms with Crippen LogP contribution in [0.2, 0.25) is 10.0 Å². The minimum atomic E-state index is -6.50. The van der Waals surface area contributed by atoms with Gasteiger partial charge in [0.15, 0.2) is 0 Å². The number of hydrogen-bond donors (Lipinski definition) is 0. The van der Waals surface area contributed by atoms with E-state index in [9.17, 15) is 40.8 Å². The second kappa shape index (κ2) is 5.73. The second-order valence-corrected chi connectivity index (χ2v) is 4.86. The van der Waals surface area contributed by atoms with E-state index in [2.05, 4.69) is 0 Å². The fraction of sp³-hybridized carbons (Fsp3) is 0.400. The summed E-state index contributed by atoms with van der Waals surface area (Å²) in [5.74, 6) is -11.9. The molecule has 0 radical (unpaired) electrons. The van der Waals surface area contributed by atoms with E-state index in [0.717, 1.165) is 0 Å². The first-order chi connectivity index (χ1) is 9.72. The van der Waals surface area contributed by atoms with Crippen molar-refractivity contribution in [3.05, 3.63) is 37.9 Å². The molecular formula is C10H4Cl2F7NO2. The van der Waals surface area contributed by atoms with E-state index in [0.29, 0.717) is 12.1 Å². The Morgan fingerprint density at radius 2 is 1.55 bits per heavy atom. The molecule has 0 saturated carbocycles. The Kier molecular flexibility index (Phi) is 4.88. The third-order valence-corrected chi connectivity index (χ3v) is 3.28. The molecule has 124 valence electrons. The highest BCUT2D eigenvalue weighted by Gasteiger charge is 2.72. The number of nitrogens with zero attached hydrogens (tertiary/aromatic N) is 1. The van der Waals surface area contributed by atoms with Gasteiger partial charge in [-0.1, -0.05) is 29.3 Å². The first-order valence-electron chi connectivity index (χ1n) is 5.16. The van der Waals surface area contributed by atoms with Crippen molar-refractivity contribution in [2.45, 2.75) is 24.4 Å². The molecule has 22 heavy (non-hydrogen) atoms. The molecule has 0 saturated heterocycles. The van der Waals surface area contributed by atoms with Crippen LogP contribution >= 0.6 is 23.2 Å². The lowest BCUT2D eigenvalue weighted by Gasteiger charge is -2.28. The lowest BCUT2D eigenvalue weighted by molar-refractivity contribution is -0.384. The van der Waals surface area contributed by atoms with Crippen molar-refractivity contribution in [3.63, 3.8) is 0 Å². The van der Waals surface area contributed by atoms with Gasteiger partial charge in [-0.2, -0.15) is 30.7 Å². The van der Waals surface area contributed by atoms with Crippen molar-refractivity contribution in [1.29, 1.82) is 0 Å². The Balaban J connectivity index is 3.31. The summed E-state index contributed by atoms with van der Waals surface area (Å²) in [6, 6.07) is 1.31. The van der Waals surface area contributed by atoms with Crippen LogP contribution in [0.5, 0.6) is 0 Å². The van der Waals surface area contributed by atoms with Gasteiger partial charge >= 0.3 is 23.7 Å². The zero-order valence-electron chi connectivity index (χ0n) is 10.0. The lowest BCUT2D eigenvalue weighted by atomic mass is 10.0. The van der Waals surface area contributed by atoms with Gasteiger partial charge in [0.1, 0.15) is 10.0 Å². The van der Waals surface area contributed by atoms with Crippen LogP contribution < -0.4 is 0 Å². The second-order valence-electron chi connectivity index (χ2n) is 4.08. The number of nitro groups is 1. The van der Waals surface area contributed by atoms with E-state index < -0.39 is 50.7 Å². The van der Waals surface area contributed by atoms with Gasteiger partial charge in [0.2, 0.25) is 0 Å². The van der Waals surface area contributed by atoms with E-state index in [1.165, 1.54) is 0 Å². The number of benzene rings is 1. The van der Waals surface area contributed by atoms with Gasteiger partial charge in [-0.3, -0.25) is 10.1 Å². The number of hydrogen-bond acceptors (Lipinski definition) is 2. The largest absolute Gasteiger partial charge is 0.459 e. The first kappa shape index (κ1) is 18.8. The molecule has 0 N–H and O–H groups in total. The van der Waals surface area contributed by atoms with Gasteiger partial charge in [-0.15, -0.1) is 0 Å². The molecule has 0 aliphatic rings. The van der Waals surface area contributed by atoms with Gasteiger partial charge in [0.05, 0.1) is 4.92 Å². The maximum atomic E-state index is 13.3. The molecule has 0 aliphatic carbocycles. The normalized spacial score (nSPS) is 13.3. The van der Waals surface area contributed by atoms with E-state index in [1.807, 2.05) is 0 Å². The number of nitro benzene ring substituents is 1. The summed E-state index contributed by atoms with van der Waals surface area (Å²) < 4.78 is 88.1. The SMILES string of the molecule is O=[N+]([O-])c1c(Cl)ccc(CC(F)(F)C(F)(F)C(F)(F)F)c1Cl. The molecule has 0 amide bonds. The predicted molar refractivity (Wildman–Crippen MR) is 62.8 cm³/mol. The summed E-state index contributed by atoms with van der Waals surface area (Å²) >= 11 is 10.8. The van der Waals surface area contributed by atoms with Gasteiger partial charge in [-0.05, 0) is 11.6 Å². The molecule has 3 nitrogen and oxygen atoms in total. The van der Waals surface area contributed by atoms with E-state index in [-0.39, 0.29) is 0 Å². The highest BCUT2D eigenvalue weighted by atomic mass is 35.5. The van der Waals surface area contributed by atoms with Crippen molar-refractivity contribution < 1.29 is 35.7 Å². The average molecular weight is 374 g/mol. The maximum Gasteiger partial charge on any atom is 0.459 e. The minimum absolute atomic E-state index is 0.579. The molecule has 1 aromatic carbocycles. The van der Waals surface area contributed by atoms with Crippen LogP contribution in [0.4, 0.5) is 36.4 Å². The molecule has 12 heteroatoms. The molecule has 0 fully saturated rings. The Bertz CT molecular complexity index is 604. The Hall–Kier alpha value is -1.29. The maximum absolute atomic E-state index is 13.3. The van der Waals surface area contributed by atoms with Gasteiger partial charge in [0, 0.05) is 6.42 Å². The molecular weight excluding hydrogens is 370 g/mol. The third kappa shape index (κ3) is 3.22. The summed E-state index contributed by atoms with van der Waals surface area (Å²) in [6.45, 7) is 0. The molecule has 1 aromatic rings. The van der Waals surface area contributed by atoms with Crippen LogP contribution in [0, 0.1) is 10.1 Å². The van der Waals surface area contributed by atoms with Crippen LogP contribution in [-0.4, -0.2) is 22.9 Å². The Labute approximate surface area is 127 Å². The summed E-state index contributed by atoms with van der Waals surface area (Å²) in [5.41, 5.74) is -2.03. The number of alkyl halides is 7. The highest BCUT2D eigenvalue weighted by molar-refractivity contribution is 6.38. The van der Waals surface area contributed by atoms with Crippen molar-refractivity contribution in [1.82, 2.24) is 0 Å². The Morgan fingerprint density at radius 3 is 1.95 bits per heavy atom. The third-order valence-electron chi connectivity index (χ3n) is 2.56. The quantitative estimate of drug-likeness (QED) is 0.409. The topological polar surface area (TPSA) is 43.1 Å². The summed E-state index contributed by atoms with van der Waals surface area (Å²) in [7, 11) is 0. The van der Waals surface area contributed by atoms with Gasteiger partial charge in [0.25, 0.3) is 0 Å². The lowest BCUT2D eigenvalue weighted by Crippen LogP contribution is -2.53. The first-order valence-corrected chi connectivity index (χ1v) is 5.91. The number of rotatable bonds is 4. The van der Waals surface area contributed by atoms with E-state index in [4.69, 9.17) is 23.2 Å². The van der Waals surface area contributed by atoms with E-state index >= 15 is 0 Å². The zero-order chi connectivity index (χ0) is 17.5.